The molecule has 33 heavy (non-hydrogen) atoms. The zero-order valence-electron chi connectivity index (χ0n) is 19.2. The zero-order valence-corrected chi connectivity index (χ0v) is 20.9. The van der Waals surface area contributed by atoms with Gasteiger partial charge < -0.3 is 9.64 Å². The van der Waals surface area contributed by atoms with Crippen LogP contribution in [0.25, 0.3) is 21.3 Å². The first-order valence-electron chi connectivity index (χ1n) is 10.7. The molecule has 0 fully saturated rings. The molecule has 0 atom stereocenters. The molecule has 0 N–H and O–H groups in total. The number of aryl methyl sites for hydroxylation is 1. The summed E-state index contributed by atoms with van der Waals surface area (Å²) in [4.78, 5) is 31.3. The van der Waals surface area contributed by atoms with E-state index in [1.807, 2.05) is 31.2 Å². The Morgan fingerprint density at radius 1 is 1.03 bits per heavy atom. The summed E-state index contributed by atoms with van der Waals surface area (Å²) in [5.41, 5.74) is 3.93. The Morgan fingerprint density at radius 2 is 1.76 bits per heavy atom. The molecule has 174 valence electrons. The number of thiazole rings is 1. The van der Waals surface area contributed by atoms with E-state index in [2.05, 4.69) is 28.7 Å². The summed E-state index contributed by atoms with van der Waals surface area (Å²) in [7, 11) is 1.64. The highest BCUT2D eigenvalue weighted by Crippen LogP contribution is 2.36. The average molecular weight is 486 g/mol. The highest BCUT2D eigenvalue weighted by Gasteiger charge is 2.23. The van der Waals surface area contributed by atoms with Crippen LogP contribution in [0.4, 0.5) is 5.13 Å². The van der Waals surface area contributed by atoms with Gasteiger partial charge in [0.15, 0.2) is 5.13 Å². The molecule has 2 heterocycles. The van der Waals surface area contributed by atoms with Crippen molar-refractivity contribution in [3.63, 3.8) is 0 Å². The van der Waals surface area contributed by atoms with E-state index in [1.54, 1.807) is 30.5 Å². The van der Waals surface area contributed by atoms with Crippen LogP contribution in [0.1, 0.15) is 29.8 Å². The average Bonchev–Trinajstić information content (AvgIpc) is 3.27. The first-order chi connectivity index (χ1) is 15.5. The van der Waals surface area contributed by atoms with Crippen LogP contribution in [0, 0.1) is 6.92 Å². The fourth-order valence-electron chi connectivity index (χ4n) is 3.70. The van der Waals surface area contributed by atoms with Crippen molar-refractivity contribution in [1.29, 1.82) is 0 Å². The number of anilines is 1. The van der Waals surface area contributed by atoms with Crippen LogP contribution in [-0.2, 0) is 0 Å². The maximum absolute atomic E-state index is 13.7. The van der Waals surface area contributed by atoms with Crippen LogP contribution < -0.4 is 9.64 Å². The fraction of sp³-hybridized carbons (Fsp3) is 0.333. The second-order valence-corrected chi connectivity index (χ2v) is 8.48. The molecular formula is C24H28ClN5O2S. The topological polar surface area (TPSA) is 71.5 Å². The number of rotatable bonds is 8. The number of methoxy groups -OCH3 is 1. The van der Waals surface area contributed by atoms with Gasteiger partial charge in [0.05, 0.1) is 22.8 Å². The van der Waals surface area contributed by atoms with Gasteiger partial charge >= 0.3 is 0 Å². The number of hydrogen-bond acceptors (Lipinski definition) is 7. The summed E-state index contributed by atoms with van der Waals surface area (Å²) in [5, 5.41) is 0.670. The number of ether oxygens (including phenoxy) is 1. The third-order valence-electron chi connectivity index (χ3n) is 5.64. The van der Waals surface area contributed by atoms with E-state index in [0.717, 1.165) is 40.9 Å². The smallest absolute Gasteiger partial charge is 0.260 e. The van der Waals surface area contributed by atoms with Crippen molar-refractivity contribution in [2.24, 2.45) is 0 Å². The number of halogens is 1. The number of aromatic nitrogens is 3. The summed E-state index contributed by atoms with van der Waals surface area (Å²) >= 11 is 1.52. The van der Waals surface area contributed by atoms with E-state index in [0.29, 0.717) is 28.5 Å². The molecule has 0 spiro atoms. The minimum absolute atomic E-state index is 0. The quantitative estimate of drug-likeness (QED) is 0.351. The molecule has 1 amide bonds. The summed E-state index contributed by atoms with van der Waals surface area (Å²) < 4.78 is 6.55. The van der Waals surface area contributed by atoms with E-state index in [-0.39, 0.29) is 18.3 Å². The van der Waals surface area contributed by atoms with Crippen LogP contribution in [0.3, 0.4) is 0 Å². The number of nitrogens with zero attached hydrogens (tertiary/aromatic N) is 5. The molecule has 2 aromatic heterocycles. The predicted octanol–water partition coefficient (Wildman–Crippen LogP) is 4.97. The molecule has 0 bridgehead atoms. The van der Waals surface area contributed by atoms with Gasteiger partial charge in [-0.3, -0.25) is 19.7 Å². The van der Waals surface area contributed by atoms with Crippen molar-refractivity contribution in [2.75, 3.05) is 38.2 Å². The SMILES string of the molecule is CCN(CC)CCN(C(=O)c1ccc2nccnc2c1)c1nc2c(OC)ccc(C)c2s1.Cl. The number of carbonyl (C=O) groups excluding carboxylic acids is 1. The largest absolute Gasteiger partial charge is 0.494 e. The lowest BCUT2D eigenvalue weighted by molar-refractivity contribution is 0.0984. The van der Waals surface area contributed by atoms with Gasteiger partial charge in [-0.2, -0.15) is 0 Å². The Balaban J connectivity index is 0.00000306. The van der Waals surface area contributed by atoms with E-state index in [4.69, 9.17) is 9.72 Å². The van der Waals surface area contributed by atoms with E-state index >= 15 is 0 Å². The van der Waals surface area contributed by atoms with Crippen molar-refractivity contribution in [2.45, 2.75) is 20.8 Å². The molecule has 2 aromatic carbocycles. The fourth-order valence-corrected chi connectivity index (χ4v) is 4.77. The van der Waals surface area contributed by atoms with E-state index in [9.17, 15) is 4.79 Å². The molecule has 0 aliphatic rings. The van der Waals surface area contributed by atoms with Crippen LogP contribution in [-0.4, -0.2) is 59.0 Å². The first-order valence-corrected chi connectivity index (χ1v) is 11.6. The van der Waals surface area contributed by atoms with Crippen molar-refractivity contribution >= 4 is 56.0 Å². The summed E-state index contributed by atoms with van der Waals surface area (Å²) in [6.45, 7) is 9.47. The standard InChI is InChI=1S/C24H27N5O2S.ClH/c1-5-28(6-2)13-14-29(23(30)17-8-9-18-19(15-17)26-12-11-25-18)24-27-21-20(31-4)10-7-16(3)22(21)32-24;/h7-12,15H,5-6,13-14H2,1-4H3;1H. The van der Waals surface area contributed by atoms with Crippen LogP contribution in [0.5, 0.6) is 5.75 Å². The molecule has 0 saturated heterocycles. The third kappa shape index (κ3) is 5.08. The second kappa shape index (κ2) is 10.9. The number of likely N-dealkylation sites (N-methyl/N-ethyl adjacent to an activating group) is 1. The van der Waals surface area contributed by atoms with Gasteiger partial charge in [-0.25, -0.2) is 4.98 Å². The molecule has 9 heteroatoms. The van der Waals surface area contributed by atoms with E-state index in [1.165, 1.54) is 11.3 Å². The summed E-state index contributed by atoms with van der Waals surface area (Å²) in [5.74, 6) is 0.616. The van der Waals surface area contributed by atoms with Gasteiger partial charge in [-0.15, -0.1) is 12.4 Å². The molecule has 0 aliphatic heterocycles. The highest BCUT2D eigenvalue weighted by molar-refractivity contribution is 7.22. The van der Waals surface area contributed by atoms with Crippen LogP contribution in [0.15, 0.2) is 42.7 Å². The second-order valence-electron chi connectivity index (χ2n) is 7.50. The molecule has 0 unspecified atom stereocenters. The van der Waals surface area contributed by atoms with Crippen LogP contribution in [0.2, 0.25) is 0 Å². The predicted molar refractivity (Wildman–Crippen MR) is 137 cm³/mol. The lowest BCUT2D eigenvalue weighted by Crippen LogP contribution is -2.38. The van der Waals surface area contributed by atoms with Crippen molar-refractivity contribution in [1.82, 2.24) is 19.9 Å². The van der Waals surface area contributed by atoms with Gasteiger partial charge in [0, 0.05) is 31.0 Å². The van der Waals surface area contributed by atoms with Crippen molar-refractivity contribution in [3.8, 4) is 5.75 Å². The number of carbonyl (C=O) groups is 1. The number of hydrogen-bond donors (Lipinski definition) is 0. The lowest BCUT2D eigenvalue weighted by atomic mass is 10.1. The zero-order chi connectivity index (χ0) is 22.7. The molecular weight excluding hydrogens is 458 g/mol. The molecule has 0 saturated carbocycles. The normalized spacial score (nSPS) is 11.1. The molecule has 4 aromatic rings. The monoisotopic (exact) mass is 485 g/mol. The maximum atomic E-state index is 13.7. The molecule has 4 rings (SSSR count). The van der Waals surface area contributed by atoms with Gasteiger partial charge in [0.1, 0.15) is 11.3 Å². The Morgan fingerprint density at radius 3 is 2.45 bits per heavy atom. The van der Waals surface area contributed by atoms with Crippen LogP contribution >= 0.6 is 23.7 Å². The van der Waals surface area contributed by atoms with E-state index < -0.39 is 0 Å². The molecule has 7 nitrogen and oxygen atoms in total. The van der Waals surface area contributed by atoms with Gasteiger partial charge in [-0.05, 0) is 49.8 Å². The maximum Gasteiger partial charge on any atom is 0.260 e. The van der Waals surface area contributed by atoms with Crippen molar-refractivity contribution in [3.05, 3.63) is 53.9 Å². The van der Waals surface area contributed by atoms with Crippen molar-refractivity contribution < 1.29 is 9.53 Å². The van der Waals surface area contributed by atoms with Gasteiger partial charge in [-0.1, -0.05) is 31.3 Å². The first kappa shape index (κ1) is 24.8. The minimum atomic E-state index is -0.0969. The third-order valence-corrected chi connectivity index (χ3v) is 6.85. The summed E-state index contributed by atoms with van der Waals surface area (Å²) in [6, 6.07) is 9.39. The number of fused-ring (bicyclic) bond motifs is 2. The van der Waals surface area contributed by atoms with Gasteiger partial charge in [0.2, 0.25) is 0 Å². The molecule has 0 aliphatic carbocycles. The van der Waals surface area contributed by atoms with Gasteiger partial charge in [0.25, 0.3) is 5.91 Å². The lowest BCUT2D eigenvalue weighted by Gasteiger charge is -2.24. The summed E-state index contributed by atoms with van der Waals surface area (Å²) in [6.07, 6.45) is 3.29. The Labute approximate surface area is 203 Å². The number of benzene rings is 2. The Bertz CT molecular complexity index is 1260. The Kier molecular flexibility index (Phi) is 8.18. The molecule has 0 radical (unpaired) electrons. The number of amides is 1. The highest BCUT2D eigenvalue weighted by atomic mass is 35.5. The Hall–Kier alpha value is -2.81. The minimum Gasteiger partial charge on any atom is -0.494 e.